The van der Waals surface area contributed by atoms with Crippen molar-refractivity contribution in [3.63, 3.8) is 0 Å². The normalized spacial score (nSPS) is 13.7. The molecule has 0 saturated heterocycles. The molecule has 0 aliphatic carbocycles. The van der Waals surface area contributed by atoms with Crippen molar-refractivity contribution in [3.05, 3.63) is 0 Å². The van der Waals surface area contributed by atoms with Gasteiger partial charge in [0.25, 0.3) is 0 Å². The van der Waals surface area contributed by atoms with Crippen LogP contribution in [0.1, 0.15) is 26.2 Å². The fourth-order valence-electron chi connectivity index (χ4n) is 0.659. The van der Waals surface area contributed by atoms with Gasteiger partial charge in [-0.25, -0.2) is 5.43 Å². The summed E-state index contributed by atoms with van der Waals surface area (Å²) in [6.45, 7) is 2.14. The highest BCUT2D eigenvalue weighted by atomic mass is 16.5. The third-order valence-corrected chi connectivity index (χ3v) is 1.29. The van der Waals surface area contributed by atoms with E-state index in [-0.39, 0.29) is 6.23 Å². The zero-order valence-corrected chi connectivity index (χ0v) is 6.18. The second-order valence-corrected chi connectivity index (χ2v) is 2.03. The molecule has 1 atom stereocenters. The fourth-order valence-corrected chi connectivity index (χ4v) is 0.659. The van der Waals surface area contributed by atoms with Crippen molar-refractivity contribution in [2.75, 3.05) is 7.11 Å². The minimum absolute atomic E-state index is 0.0324. The number of nitrogens with one attached hydrogen (secondary N) is 1. The number of hydrazine groups is 1. The lowest BCUT2D eigenvalue weighted by Gasteiger charge is -2.11. The van der Waals surface area contributed by atoms with Crippen LogP contribution in [0.15, 0.2) is 0 Å². The molecule has 0 heterocycles. The molecule has 1 unspecified atom stereocenters. The summed E-state index contributed by atoms with van der Waals surface area (Å²) < 4.78 is 4.97. The van der Waals surface area contributed by atoms with Crippen LogP contribution in [-0.2, 0) is 4.74 Å². The van der Waals surface area contributed by atoms with Gasteiger partial charge in [0.15, 0.2) is 0 Å². The number of ether oxygens (including phenoxy) is 1. The summed E-state index contributed by atoms with van der Waals surface area (Å²) in [6, 6.07) is 0. The molecule has 0 aliphatic rings. The number of hydrogen-bond acceptors (Lipinski definition) is 3. The Hall–Kier alpha value is -0.120. The van der Waals surface area contributed by atoms with E-state index < -0.39 is 0 Å². The average molecular weight is 132 g/mol. The maximum absolute atomic E-state index is 5.15. The maximum Gasteiger partial charge on any atom is 0.119 e. The molecule has 0 aromatic heterocycles. The molecule has 0 bridgehead atoms. The van der Waals surface area contributed by atoms with Crippen LogP contribution in [0.5, 0.6) is 0 Å². The van der Waals surface area contributed by atoms with Crippen LogP contribution < -0.4 is 11.3 Å². The zero-order chi connectivity index (χ0) is 7.11. The van der Waals surface area contributed by atoms with E-state index in [1.807, 2.05) is 0 Å². The Morgan fingerprint density at radius 1 is 1.67 bits per heavy atom. The molecule has 3 heteroatoms. The summed E-state index contributed by atoms with van der Waals surface area (Å²) in [6.07, 6.45) is 3.36. The molecule has 0 amide bonds. The molecule has 0 aromatic carbocycles. The number of nitrogens with two attached hydrogens (primary N) is 1. The summed E-state index contributed by atoms with van der Waals surface area (Å²) in [5, 5.41) is 0. The van der Waals surface area contributed by atoms with Gasteiger partial charge in [-0.15, -0.1) is 0 Å². The van der Waals surface area contributed by atoms with Crippen molar-refractivity contribution in [2.24, 2.45) is 5.84 Å². The van der Waals surface area contributed by atoms with Crippen LogP contribution in [0.3, 0.4) is 0 Å². The highest BCUT2D eigenvalue weighted by Crippen LogP contribution is 1.98. The molecule has 3 N–H and O–H groups in total. The molecule has 56 valence electrons. The maximum atomic E-state index is 5.15. The highest BCUT2D eigenvalue weighted by molar-refractivity contribution is 4.48. The minimum atomic E-state index is 0.0324. The van der Waals surface area contributed by atoms with Crippen LogP contribution in [0.2, 0.25) is 0 Å². The molecule has 0 fully saturated rings. The first kappa shape index (κ1) is 8.88. The lowest BCUT2D eigenvalue weighted by Crippen LogP contribution is -2.36. The topological polar surface area (TPSA) is 47.3 Å². The van der Waals surface area contributed by atoms with Crippen molar-refractivity contribution < 1.29 is 4.74 Å². The van der Waals surface area contributed by atoms with E-state index >= 15 is 0 Å². The second kappa shape index (κ2) is 6.01. The number of hydrogen-bond donors (Lipinski definition) is 2. The van der Waals surface area contributed by atoms with Crippen molar-refractivity contribution in [1.82, 2.24) is 5.43 Å². The summed E-state index contributed by atoms with van der Waals surface area (Å²) in [7, 11) is 1.65. The first-order valence-electron chi connectivity index (χ1n) is 3.34. The van der Waals surface area contributed by atoms with Gasteiger partial charge in [-0.1, -0.05) is 13.3 Å². The molecule has 0 spiro atoms. The van der Waals surface area contributed by atoms with Crippen LogP contribution >= 0.6 is 0 Å². The summed E-state index contributed by atoms with van der Waals surface area (Å²) in [5.41, 5.74) is 2.56. The zero-order valence-electron chi connectivity index (χ0n) is 6.18. The van der Waals surface area contributed by atoms with Crippen molar-refractivity contribution >= 4 is 0 Å². The fraction of sp³-hybridized carbons (Fsp3) is 1.00. The first-order valence-corrected chi connectivity index (χ1v) is 3.34. The second-order valence-electron chi connectivity index (χ2n) is 2.03. The Morgan fingerprint density at radius 3 is 2.67 bits per heavy atom. The Labute approximate surface area is 56.5 Å². The Kier molecular flexibility index (Phi) is 5.93. The van der Waals surface area contributed by atoms with Crippen LogP contribution in [0.4, 0.5) is 0 Å². The third-order valence-electron chi connectivity index (χ3n) is 1.29. The third kappa shape index (κ3) is 4.39. The first-order chi connectivity index (χ1) is 4.35. The minimum Gasteiger partial charge on any atom is -0.365 e. The molecular weight excluding hydrogens is 116 g/mol. The van der Waals surface area contributed by atoms with Crippen LogP contribution in [-0.4, -0.2) is 13.3 Å². The molecule has 0 radical (unpaired) electrons. The van der Waals surface area contributed by atoms with E-state index in [9.17, 15) is 0 Å². The van der Waals surface area contributed by atoms with Gasteiger partial charge in [0, 0.05) is 7.11 Å². The Morgan fingerprint density at radius 2 is 2.33 bits per heavy atom. The number of unbranched alkanes of at least 4 members (excludes halogenated alkanes) is 1. The smallest absolute Gasteiger partial charge is 0.119 e. The van der Waals surface area contributed by atoms with Crippen molar-refractivity contribution in [1.29, 1.82) is 0 Å². The SMILES string of the molecule is CCCCC(NN)OC. The lowest BCUT2D eigenvalue weighted by molar-refractivity contribution is 0.0654. The van der Waals surface area contributed by atoms with E-state index in [0.29, 0.717) is 0 Å². The molecular formula is C6H16N2O. The van der Waals surface area contributed by atoms with Gasteiger partial charge in [-0.2, -0.15) is 0 Å². The van der Waals surface area contributed by atoms with Gasteiger partial charge in [-0.05, 0) is 12.8 Å². The largest absolute Gasteiger partial charge is 0.365 e. The highest BCUT2D eigenvalue weighted by Gasteiger charge is 2.00. The lowest BCUT2D eigenvalue weighted by atomic mass is 10.2. The predicted molar refractivity (Wildman–Crippen MR) is 37.6 cm³/mol. The summed E-state index contributed by atoms with van der Waals surface area (Å²) in [5.74, 6) is 5.15. The summed E-state index contributed by atoms with van der Waals surface area (Å²) in [4.78, 5) is 0. The predicted octanol–water partition coefficient (Wildman–Crippen LogP) is 0.612. The van der Waals surface area contributed by atoms with E-state index in [1.54, 1.807) is 7.11 Å². The van der Waals surface area contributed by atoms with E-state index in [0.717, 1.165) is 12.8 Å². The van der Waals surface area contributed by atoms with E-state index in [4.69, 9.17) is 10.6 Å². The van der Waals surface area contributed by atoms with E-state index in [1.165, 1.54) is 6.42 Å². The molecule has 0 rings (SSSR count). The van der Waals surface area contributed by atoms with Gasteiger partial charge in [0.2, 0.25) is 0 Å². The molecule has 0 saturated carbocycles. The van der Waals surface area contributed by atoms with Gasteiger partial charge in [0.1, 0.15) is 6.23 Å². The Balaban J connectivity index is 3.09. The summed E-state index contributed by atoms with van der Waals surface area (Å²) >= 11 is 0. The number of methoxy groups -OCH3 is 1. The molecule has 0 aromatic rings. The van der Waals surface area contributed by atoms with Gasteiger partial charge >= 0.3 is 0 Å². The van der Waals surface area contributed by atoms with Crippen molar-refractivity contribution in [2.45, 2.75) is 32.4 Å². The van der Waals surface area contributed by atoms with Gasteiger partial charge in [0.05, 0.1) is 0 Å². The van der Waals surface area contributed by atoms with Crippen LogP contribution in [0, 0.1) is 0 Å². The quantitative estimate of drug-likeness (QED) is 0.327. The monoisotopic (exact) mass is 132 g/mol. The molecule has 9 heavy (non-hydrogen) atoms. The molecule has 0 aliphatic heterocycles. The number of rotatable bonds is 5. The van der Waals surface area contributed by atoms with Gasteiger partial charge in [-0.3, -0.25) is 5.84 Å². The Bertz CT molecular complexity index is 55.0. The van der Waals surface area contributed by atoms with Gasteiger partial charge < -0.3 is 4.74 Å². The standard InChI is InChI=1S/C6H16N2O/c1-3-4-5-6(8-7)9-2/h6,8H,3-5,7H2,1-2H3. The van der Waals surface area contributed by atoms with E-state index in [2.05, 4.69) is 12.3 Å². The van der Waals surface area contributed by atoms with Crippen LogP contribution in [0.25, 0.3) is 0 Å². The van der Waals surface area contributed by atoms with Crippen molar-refractivity contribution in [3.8, 4) is 0 Å². The average Bonchev–Trinajstić information content (AvgIpc) is 1.91. The molecule has 3 nitrogen and oxygen atoms in total.